The lowest BCUT2D eigenvalue weighted by molar-refractivity contribution is -0.150. The minimum atomic E-state index is -0.376. The van der Waals surface area contributed by atoms with Crippen molar-refractivity contribution in [3.63, 3.8) is 0 Å². The van der Waals surface area contributed by atoms with Crippen LogP contribution in [0.1, 0.15) is 72.1 Å². The van der Waals surface area contributed by atoms with Crippen molar-refractivity contribution in [1.29, 1.82) is 0 Å². The van der Waals surface area contributed by atoms with E-state index in [1.807, 2.05) is 0 Å². The van der Waals surface area contributed by atoms with Gasteiger partial charge in [-0.15, -0.1) is 0 Å². The molecule has 5 aliphatic rings. The average molecular weight is 391 g/mol. The number of hydrogen-bond acceptors (Lipinski definition) is 5. The second-order valence-electron chi connectivity index (χ2n) is 10.8. The van der Waals surface area contributed by atoms with Gasteiger partial charge in [-0.2, -0.15) is 0 Å². The molecule has 1 spiro atoms. The van der Waals surface area contributed by atoms with Crippen LogP contribution in [0.4, 0.5) is 0 Å². The molecule has 0 aromatic carbocycles. The van der Waals surface area contributed by atoms with Gasteiger partial charge in [-0.05, 0) is 68.1 Å². The third-order valence-corrected chi connectivity index (χ3v) is 9.87. The first-order chi connectivity index (χ1) is 13.2. The molecular formula is C23H34O5. The van der Waals surface area contributed by atoms with Crippen LogP contribution in [-0.2, 0) is 19.1 Å². The summed E-state index contributed by atoms with van der Waals surface area (Å²) in [4.78, 5) is 24.0. The summed E-state index contributed by atoms with van der Waals surface area (Å²) in [6, 6.07) is 0. The fraction of sp³-hybridized carbons (Fsp3) is 0.913. The van der Waals surface area contributed by atoms with Gasteiger partial charge >= 0.3 is 5.97 Å². The Morgan fingerprint density at radius 1 is 1.11 bits per heavy atom. The van der Waals surface area contributed by atoms with Gasteiger partial charge in [0, 0.05) is 24.7 Å². The number of epoxide rings is 1. The number of hydrogen-bond donors (Lipinski definition) is 1. The smallest absolute Gasteiger partial charge is 0.303 e. The average Bonchev–Trinajstić information content (AvgIpc) is 3.21. The Labute approximate surface area is 167 Å². The molecule has 156 valence electrons. The minimum Gasteiger partial charge on any atom is -0.458 e. The first-order valence-electron chi connectivity index (χ1n) is 11.2. The topological polar surface area (TPSA) is 76.1 Å². The first-order valence-corrected chi connectivity index (χ1v) is 11.2. The van der Waals surface area contributed by atoms with Gasteiger partial charge in [0.2, 0.25) is 0 Å². The molecule has 0 aromatic heterocycles. The van der Waals surface area contributed by atoms with Crippen molar-refractivity contribution < 1.29 is 24.2 Å². The summed E-state index contributed by atoms with van der Waals surface area (Å²) >= 11 is 0. The van der Waals surface area contributed by atoms with E-state index < -0.39 is 0 Å². The van der Waals surface area contributed by atoms with Crippen LogP contribution in [0.15, 0.2) is 0 Å². The molecule has 0 radical (unpaired) electrons. The zero-order valence-corrected chi connectivity index (χ0v) is 17.4. The number of ketones is 1. The van der Waals surface area contributed by atoms with Crippen LogP contribution in [0.2, 0.25) is 0 Å². The van der Waals surface area contributed by atoms with Crippen molar-refractivity contribution in [2.45, 2.75) is 89.9 Å². The number of rotatable bonds is 3. The van der Waals surface area contributed by atoms with E-state index in [1.165, 1.54) is 6.92 Å². The summed E-state index contributed by atoms with van der Waals surface area (Å²) in [5.41, 5.74) is 0.113. The zero-order valence-electron chi connectivity index (χ0n) is 17.4. The van der Waals surface area contributed by atoms with Crippen molar-refractivity contribution in [2.24, 2.45) is 34.5 Å². The summed E-state index contributed by atoms with van der Waals surface area (Å²) < 4.78 is 11.4. The third kappa shape index (κ3) is 2.38. The Balaban J connectivity index is 1.38. The summed E-state index contributed by atoms with van der Waals surface area (Å²) in [6.45, 7) is 6.04. The van der Waals surface area contributed by atoms with Gasteiger partial charge in [0.15, 0.2) is 5.78 Å². The second-order valence-corrected chi connectivity index (χ2v) is 10.8. The zero-order chi connectivity index (χ0) is 19.9. The molecule has 0 amide bonds. The highest BCUT2D eigenvalue weighted by Gasteiger charge is 2.76. The van der Waals surface area contributed by atoms with Crippen LogP contribution in [0.5, 0.6) is 0 Å². The van der Waals surface area contributed by atoms with E-state index in [4.69, 9.17) is 9.47 Å². The number of aliphatic hydroxyl groups excluding tert-OH is 1. The van der Waals surface area contributed by atoms with E-state index in [9.17, 15) is 14.7 Å². The fourth-order valence-electron chi connectivity index (χ4n) is 8.46. The molecule has 4 saturated carbocycles. The second kappa shape index (κ2) is 6.04. The highest BCUT2D eigenvalue weighted by atomic mass is 16.6. The molecule has 5 rings (SSSR count). The first kappa shape index (κ1) is 19.0. The molecule has 1 saturated heterocycles. The molecule has 1 aliphatic heterocycles. The molecule has 9 atom stereocenters. The van der Waals surface area contributed by atoms with Gasteiger partial charge in [-0.25, -0.2) is 0 Å². The number of carbonyl (C=O) groups is 2. The monoisotopic (exact) mass is 390 g/mol. The van der Waals surface area contributed by atoms with E-state index in [-0.39, 0.29) is 46.8 Å². The number of esters is 1. The Morgan fingerprint density at radius 3 is 2.64 bits per heavy atom. The van der Waals surface area contributed by atoms with Crippen LogP contribution < -0.4 is 0 Å². The van der Waals surface area contributed by atoms with Crippen LogP contribution >= 0.6 is 0 Å². The number of fused-ring (bicyclic) bond motifs is 4. The Bertz CT molecular complexity index is 705. The summed E-state index contributed by atoms with van der Waals surface area (Å²) in [6.07, 6.45) is 8.20. The molecule has 5 fully saturated rings. The van der Waals surface area contributed by atoms with E-state index in [2.05, 4.69) is 13.8 Å². The van der Waals surface area contributed by atoms with Gasteiger partial charge in [-0.3, -0.25) is 9.59 Å². The maximum atomic E-state index is 12.8. The standard InChI is InChI=1S/C23H34O5/c1-13(24)27-12-19(26)18-5-4-16-15-10-20-23(28-20)11-14(25)6-9-22(23,3)17(15)7-8-21(16,18)2/h14-18,20,25H,4-12H2,1-3H3/t14-,15+,16-,17+,18+,20+,21+,22-,23+/m1/s1. The molecule has 5 heteroatoms. The highest BCUT2D eigenvalue weighted by molar-refractivity contribution is 5.85. The maximum absolute atomic E-state index is 12.8. The number of carbonyl (C=O) groups excluding carboxylic acids is 2. The van der Waals surface area contributed by atoms with Crippen molar-refractivity contribution in [3.8, 4) is 0 Å². The lowest BCUT2D eigenvalue weighted by atomic mass is 9.44. The van der Waals surface area contributed by atoms with Crippen LogP contribution in [-0.4, -0.2) is 41.3 Å². The summed E-state index contributed by atoms with van der Waals surface area (Å²) in [5, 5.41) is 10.3. The van der Waals surface area contributed by atoms with Gasteiger partial charge in [0.25, 0.3) is 0 Å². The molecule has 28 heavy (non-hydrogen) atoms. The normalized spacial score (nSPS) is 54.0. The molecule has 1 N–H and O–H groups in total. The van der Waals surface area contributed by atoms with Crippen molar-refractivity contribution >= 4 is 11.8 Å². The van der Waals surface area contributed by atoms with E-state index >= 15 is 0 Å². The van der Waals surface area contributed by atoms with Gasteiger partial charge in [0.05, 0.1) is 12.2 Å². The summed E-state index contributed by atoms with van der Waals surface area (Å²) in [5.74, 6) is 1.57. The molecule has 0 aromatic rings. The van der Waals surface area contributed by atoms with E-state index in [0.29, 0.717) is 23.9 Å². The molecule has 4 aliphatic carbocycles. The van der Waals surface area contributed by atoms with Gasteiger partial charge in [0.1, 0.15) is 12.2 Å². The molecule has 0 bridgehead atoms. The largest absolute Gasteiger partial charge is 0.458 e. The Morgan fingerprint density at radius 2 is 1.89 bits per heavy atom. The van der Waals surface area contributed by atoms with Crippen LogP contribution in [0, 0.1) is 34.5 Å². The summed E-state index contributed by atoms with van der Waals surface area (Å²) in [7, 11) is 0. The fourth-order valence-corrected chi connectivity index (χ4v) is 8.46. The van der Waals surface area contributed by atoms with Gasteiger partial charge < -0.3 is 14.6 Å². The SMILES string of the molecule is CC(=O)OCC(=O)[C@@H]1CC[C@@H]2[C@@H]3C[C@@H]4O[C@@]45C[C@H](O)CC[C@]5(C)[C@H]3CC[C@@]21C. The Hall–Kier alpha value is -0.940. The molecule has 0 unspecified atom stereocenters. The molecular weight excluding hydrogens is 356 g/mol. The van der Waals surface area contributed by atoms with Crippen molar-refractivity contribution in [1.82, 2.24) is 0 Å². The highest BCUT2D eigenvalue weighted by Crippen LogP contribution is 2.73. The van der Waals surface area contributed by atoms with Crippen LogP contribution in [0.25, 0.3) is 0 Å². The molecule has 5 nitrogen and oxygen atoms in total. The van der Waals surface area contributed by atoms with Crippen molar-refractivity contribution in [2.75, 3.05) is 6.61 Å². The maximum Gasteiger partial charge on any atom is 0.303 e. The quantitative estimate of drug-likeness (QED) is 0.591. The van der Waals surface area contributed by atoms with E-state index in [0.717, 1.165) is 51.4 Å². The lowest BCUT2D eigenvalue weighted by Gasteiger charge is -2.59. The van der Waals surface area contributed by atoms with E-state index in [1.54, 1.807) is 0 Å². The van der Waals surface area contributed by atoms with Crippen LogP contribution in [0.3, 0.4) is 0 Å². The number of ether oxygens (including phenoxy) is 2. The Kier molecular flexibility index (Phi) is 4.11. The predicted molar refractivity (Wildman–Crippen MR) is 102 cm³/mol. The predicted octanol–water partition coefficient (Wildman–Crippen LogP) is 3.27. The number of aliphatic hydroxyl groups is 1. The minimum absolute atomic E-state index is 0.0191. The lowest BCUT2D eigenvalue weighted by Crippen LogP contribution is -2.58. The van der Waals surface area contributed by atoms with Crippen molar-refractivity contribution in [3.05, 3.63) is 0 Å². The third-order valence-electron chi connectivity index (χ3n) is 9.87. The molecule has 1 heterocycles. The van der Waals surface area contributed by atoms with Gasteiger partial charge in [-0.1, -0.05) is 13.8 Å². The number of Topliss-reactive ketones (excluding diaryl/α,β-unsaturated/α-hetero) is 1.